The number of fused-ring (bicyclic) bond motifs is 1. The molecule has 4 rings (SSSR count). The Labute approximate surface area is 111 Å². The second-order valence-corrected chi connectivity index (χ2v) is 6.29. The number of ether oxygens (including phenoxy) is 2. The summed E-state index contributed by atoms with van der Waals surface area (Å²) < 4.78 is 11.7. The summed E-state index contributed by atoms with van der Waals surface area (Å²) in [5.41, 5.74) is 0.263. The number of benzene rings is 1. The van der Waals surface area contributed by atoms with Crippen LogP contribution in [-0.2, 0) is 5.60 Å². The third kappa shape index (κ3) is 1.61. The summed E-state index contributed by atoms with van der Waals surface area (Å²) in [6.45, 7) is 1.42. The fourth-order valence-corrected chi connectivity index (χ4v) is 2.80. The Morgan fingerprint density at radius 2 is 1.61 bits per heavy atom. The molecule has 0 atom stereocenters. The van der Waals surface area contributed by atoms with Crippen molar-refractivity contribution >= 4 is 11.6 Å². The zero-order valence-electron chi connectivity index (χ0n) is 10.0. The summed E-state index contributed by atoms with van der Waals surface area (Å²) in [4.78, 5) is 0. The molecule has 2 aliphatic carbocycles. The zero-order chi connectivity index (χ0) is 12.4. The number of halogens is 1. The second kappa shape index (κ2) is 3.34. The highest BCUT2D eigenvalue weighted by atomic mass is 35.5. The molecular formula is C14H15ClO3. The molecule has 0 saturated heterocycles. The molecule has 0 aromatic heterocycles. The minimum absolute atomic E-state index is 0.224. The van der Waals surface area contributed by atoms with Crippen molar-refractivity contribution in [2.45, 2.75) is 31.3 Å². The SMILES string of the molecule is OC1(c2cc3c(cc2Cl)OCC2(CC2)CO3)CC1. The molecule has 3 aliphatic rings. The van der Waals surface area contributed by atoms with Gasteiger partial charge in [-0.05, 0) is 31.7 Å². The molecule has 0 unspecified atom stereocenters. The van der Waals surface area contributed by atoms with E-state index >= 15 is 0 Å². The lowest BCUT2D eigenvalue weighted by atomic mass is 10.1. The van der Waals surface area contributed by atoms with Gasteiger partial charge in [0.15, 0.2) is 11.5 Å². The van der Waals surface area contributed by atoms with Crippen molar-refractivity contribution in [1.29, 1.82) is 0 Å². The standard InChI is InChI=1S/C14H15ClO3/c15-10-6-12-11(5-9(10)14(16)3-4-14)17-7-13(1-2-13)8-18-12/h5-6,16H,1-4,7-8H2. The molecule has 1 spiro atoms. The first-order valence-corrected chi connectivity index (χ1v) is 6.80. The maximum Gasteiger partial charge on any atom is 0.162 e. The van der Waals surface area contributed by atoms with E-state index < -0.39 is 5.60 Å². The predicted molar refractivity (Wildman–Crippen MR) is 67.2 cm³/mol. The average molecular weight is 267 g/mol. The van der Waals surface area contributed by atoms with Crippen molar-refractivity contribution < 1.29 is 14.6 Å². The van der Waals surface area contributed by atoms with Gasteiger partial charge in [0.2, 0.25) is 0 Å². The van der Waals surface area contributed by atoms with E-state index in [1.54, 1.807) is 6.07 Å². The van der Waals surface area contributed by atoms with E-state index in [0.717, 1.165) is 24.2 Å². The first-order chi connectivity index (χ1) is 8.60. The Kier molecular flexibility index (Phi) is 2.03. The third-order valence-corrected chi connectivity index (χ3v) is 4.60. The van der Waals surface area contributed by atoms with E-state index in [-0.39, 0.29) is 5.41 Å². The van der Waals surface area contributed by atoms with Gasteiger partial charge < -0.3 is 14.6 Å². The molecule has 1 aromatic rings. The molecule has 1 aliphatic heterocycles. The van der Waals surface area contributed by atoms with Gasteiger partial charge in [-0.25, -0.2) is 0 Å². The molecule has 1 N–H and O–H groups in total. The summed E-state index contributed by atoms with van der Waals surface area (Å²) in [6.07, 6.45) is 3.89. The zero-order valence-corrected chi connectivity index (χ0v) is 10.8. The fourth-order valence-electron chi connectivity index (χ4n) is 2.47. The topological polar surface area (TPSA) is 38.7 Å². The summed E-state index contributed by atoms with van der Waals surface area (Å²) in [5.74, 6) is 1.43. The van der Waals surface area contributed by atoms with Gasteiger partial charge in [0.25, 0.3) is 0 Å². The van der Waals surface area contributed by atoms with Crippen LogP contribution >= 0.6 is 11.6 Å². The molecule has 1 heterocycles. The monoisotopic (exact) mass is 266 g/mol. The van der Waals surface area contributed by atoms with E-state index in [9.17, 15) is 5.11 Å². The lowest BCUT2D eigenvalue weighted by molar-refractivity contribution is 0.151. The first-order valence-electron chi connectivity index (χ1n) is 6.42. The van der Waals surface area contributed by atoms with Crippen LogP contribution in [0, 0.1) is 5.41 Å². The van der Waals surface area contributed by atoms with Gasteiger partial charge in [-0.3, -0.25) is 0 Å². The Balaban J connectivity index is 1.73. The smallest absolute Gasteiger partial charge is 0.162 e. The molecule has 1 aromatic carbocycles. The van der Waals surface area contributed by atoms with Gasteiger partial charge >= 0.3 is 0 Å². The second-order valence-electron chi connectivity index (χ2n) is 5.89. The number of hydrogen-bond donors (Lipinski definition) is 1. The highest BCUT2D eigenvalue weighted by Gasteiger charge is 2.47. The minimum atomic E-state index is -0.737. The van der Waals surface area contributed by atoms with E-state index in [4.69, 9.17) is 21.1 Å². The predicted octanol–water partition coefficient (Wildman–Crippen LogP) is 2.87. The highest BCUT2D eigenvalue weighted by Crippen LogP contribution is 2.53. The van der Waals surface area contributed by atoms with E-state index in [0.29, 0.717) is 24.0 Å². The number of hydrogen-bond acceptors (Lipinski definition) is 3. The van der Waals surface area contributed by atoms with Crippen LogP contribution in [0.25, 0.3) is 0 Å². The van der Waals surface area contributed by atoms with Crippen molar-refractivity contribution in [2.75, 3.05) is 13.2 Å². The van der Waals surface area contributed by atoms with Crippen LogP contribution in [-0.4, -0.2) is 18.3 Å². The van der Waals surface area contributed by atoms with Crippen LogP contribution in [0.5, 0.6) is 11.5 Å². The van der Waals surface area contributed by atoms with Crippen LogP contribution in [0.2, 0.25) is 5.02 Å². The molecule has 18 heavy (non-hydrogen) atoms. The van der Waals surface area contributed by atoms with Crippen LogP contribution in [0.4, 0.5) is 0 Å². The van der Waals surface area contributed by atoms with Gasteiger partial charge in [-0.15, -0.1) is 0 Å². The van der Waals surface area contributed by atoms with E-state index in [2.05, 4.69) is 0 Å². The van der Waals surface area contributed by atoms with Crippen molar-refractivity contribution in [3.8, 4) is 11.5 Å². The van der Waals surface area contributed by atoms with Crippen LogP contribution < -0.4 is 9.47 Å². The maximum absolute atomic E-state index is 10.2. The average Bonchev–Trinajstić information content (AvgIpc) is 3.24. The molecular weight excluding hydrogens is 252 g/mol. The lowest BCUT2D eigenvalue weighted by Crippen LogP contribution is -2.17. The third-order valence-electron chi connectivity index (χ3n) is 4.28. The fraction of sp³-hybridized carbons (Fsp3) is 0.571. The molecule has 0 amide bonds. The maximum atomic E-state index is 10.2. The van der Waals surface area contributed by atoms with Crippen molar-refractivity contribution in [3.63, 3.8) is 0 Å². The summed E-state index contributed by atoms with van der Waals surface area (Å²) in [5, 5.41) is 10.8. The van der Waals surface area contributed by atoms with Gasteiger partial charge in [0, 0.05) is 17.0 Å². The Bertz CT molecular complexity index is 518. The summed E-state index contributed by atoms with van der Waals surface area (Å²) >= 11 is 6.23. The van der Waals surface area contributed by atoms with Gasteiger partial charge in [0.05, 0.1) is 23.8 Å². The van der Waals surface area contributed by atoms with Crippen LogP contribution in [0.1, 0.15) is 31.2 Å². The summed E-state index contributed by atoms with van der Waals surface area (Å²) in [7, 11) is 0. The van der Waals surface area contributed by atoms with Gasteiger partial charge in [0.1, 0.15) is 0 Å². The lowest BCUT2D eigenvalue weighted by Gasteiger charge is -2.14. The highest BCUT2D eigenvalue weighted by molar-refractivity contribution is 6.31. The van der Waals surface area contributed by atoms with Crippen LogP contribution in [0.3, 0.4) is 0 Å². The largest absolute Gasteiger partial charge is 0.489 e. The molecule has 0 bridgehead atoms. The van der Waals surface area contributed by atoms with E-state index in [1.807, 2.05) is 6.07 Å². The number of aliphatic hydroxyl groups is 1. The van der Waals surface area contributed by atoms with Crippen molar-refractivity contribution in [3.05, 3.63) is 22.7 Å². The Morgan fingerprint density at radius 3 is 2.17 bits per heavy atom. The van der Waals surface area contributed by atoms with E-state index in [1.165, 1.54) is 12.8 Å². The molecule has 0 radical (unpaired) electrons. The molecule has 3 nitrogen and oxygen atoms in total. The van der Waals surface area contributed by atoms with Crippen molar-refractivity contribution in [2.24, 2.45) is 5.41 Å². The Hall–Kier alpha value is -0.930. The molecule has 2 saturated carbocycles. The normalized spacial score (nSPS) is 25.7. The summed E-state index contributed by atoms with van der Waals surface area (Å²) in [6, 6.07) is 3.63. The Morgan fingerprint density at radius 1 is 1.00 bits per heavy atom. The number of rotatable bonds is 1. The quantitative estimate of drug-likeness (QED) is 0.849. The molecule has 96 valence electrons. The van der Waals surface area contributed by atoms with Gasteiger partial charge in [-0.1, -0.05) is 11.6 Å². The molecule has 4 heteroatoms. The van der Waals surface area contributed by atoms with Crippen molar-refractivity contribution in [1.82, 2.24) is 0 Å². The minimum Gasteiger partial charge on any atom is -0.489 e. The van der Waals surface area contributed by atoms with Gasteiger partial charge in [-0.2, -0.15) is 0 Å². The molecule has 2 fully saturated rings. The van der Waals surface area contributed by atoms with Crippen LogP contribution in [0.15, 0.2) is 12.1 Å². The first kappa shape index (κ1) is 10.9.